The van der Waals surface area contributed by atoms with Crippen LogP contribution in [0.3, 0.4) is 0 Å². The van der Waals surface area contributed by atoms with Crippen molar-refractivity contribution in [2.24, 2.45) is 0 Å². The summed E-state index contributed by atoms with van der Waals surface area (Å²) in [5.74, 6) is -2.92. The van der Waals surface area contributed by atoms with Crippen LogP contribution in [0.15, 0.2) is 18.3 Å². The number of pyridine rings is 1. The van der Waals surface area contributed by atoms with Gasteiger partial charge in [0.1, 0.15) is 0 Å². The van der Waals surface area contributed by atoms with E-state index in [2.05, 4.69) is 20.0 Å². The van der Waals surface area contributed by atoms with E-state index in [1.54, 1.807) is 25.3 Å². The fourth-order valence-corrected chi connectivity index (χ4v) is 2.69. The molecule has 0 radical (unpaired) electrons. The van der Waals surface area contributed by atoms with Crippen molar-refractivity contribution in [2.75, 3.05) is 19.0 Å². The molecular weight excluding hydrogens is 363 g/mol. The molecule has 1 amide bonds. The van der Waals surface area contributed by atoms with Crippen LogP contribution in [-0.2, 0) is 14.3 Å². The standard InChI is InChI=1S/C14H12F3N3O4S/c1-7-11(8-3-4-10(23-2)18-5-8)25-13(19-7)20-9(21)6-24-12(22)14(15,16)17/h3-5H,6H2,1-2H3,(H,19,20,21). The SMILES string of the molecule is COc1ccc(-c2sc(NC(=O)COC(=O)C(F)(F)F)nc2C)cn1. The van der Waals surface area contributed by atoms with Crippen molar-refractivity contribution in [1.29, 1.82) is 0 Å². The highest BCUT2D eigenvalue weighted by Gasteiger charge is 2.41. The second-order valence-corrected chi connectivity index (χ2v) is 5.64. The van der Waals surface area contributed by atoms with Crippen LogP contribution >= 0.6 is 11.3 Å². The van der Waals surface area contributed by atoms with Crippen molar-refractivity contribution >= 4 is 28.3 Å². The molecule has 2 aromatic rings. The van der Waals surface area contributed by atoms with E-state index in [1.807, 2.05) is 0 Å². The molecule has 0 saturated carbocycles. The van der Waals surface area contributed by atoms with Crippen LogP contribution in [0.4, 0.5) is 18.3 Å². The van der Waals surface area contributed by atoms with Gasteiger partial charge in [-0.3, -0.25) is 10.1 Å². The van der Waals surface area contributed by atoms with Crippen molar-refractivity contribution in [3.8, 4) is 16.3 Å². The van der Waals surface area contributed by atoms with Crippen LogP contribution < -0.4 is 10.1 Å². The predicted octanol–water partition coefficient (Wildman–Crippen LogP) is 2.57. The average molecular weight is 375 g/mol. The molecule has 2 heterocycles. The first kappa shape index (κ1) is 18.6. The van der Waals surface area contributed by atoms with Crippen molar-refractivity contribution < 1.29 is 32.2 Å². The molecule has 2 aromatic heterocycles. The number of carbonyl (C=O) groups is 2. The molecule has 0 fully saturated rings. The van der Waals surface area contributed by atoms with Gasteiger partial charge in [-0.2, -0.15) is 13.2 Å². The number of halogens is 3. The Morgan fingerprint density at radius 2 is 2.04 bits per heavy atom. The summed E-state index contributed by atoms with van der Waals surface area (Å²) in [6.45, 7) is 0.645. The maximum Gasteiger partial charge on any atom is 0.490 e. The van der Waals surface area contributed by atoms with Crippen molar-refractivity contribution in [1.82, 2.24) is 9.97 Å². The largest absolute Gasteiger partial charge is 0.490 e. The monoisotopic (exact) mass is 375 g/mol. The Kier molecular flexibility index (Phi) is 5.57. The van der Waals surface area contributed by atoms with Gasteiger partial charge in [-0.05, 0) is 13.0 Å². The molecule has 11 heteroatoms. The number of hydrogen-bond acceptors (Lipinski definition) is 7. The third-order valence-electron chi connectivity index (χ3n) is 2.82. The average Bonchev–Trinajstić information content (AvgIpc) is 2.92. The number of anilines is 1. The van der Waals surface area contributed by atoms with E-state index in [0.717, 1.165) is 21.8 Å². The van der Waals surface area contributed by atoms with Gasteiger partial charge in [0, 0.05) is 17.8 Å². The van der Waals surface area contributed by atoms with Crippen LogP contribution in [0, 0.1) is 6.92 Å². The number of aryl methyl sites for hydroxylation is 1. The number of hydrogen-bond donors (Lipinski definition) is 1. The molecule has 1 N–H and O–H groups in total. The summed E-state index contributed by atoms with van der Waals surface area (Å²) >= 11 is 1.11. The lowest BCUT2D eigenvalue weighted by Gasteiger charge is -2.06. The van der Waals surface area contributed by atoms with Crippen LogP contribution in [0.1, 0.15) is 5.69 Å². The Bertz CT molecular complexity index is 775. The molecule has 7 nitrogen and oxygen atoms in total. The molecular formula is C14H12F3N3O4S. The lowest BCUT2D eigenvalue weighted by atomic mass is 10.2. The number of esters is 1. The smallest absolute Gasteiger partial charge is 0.481 e. The highest BCUT2D eigenvalue weighted by Crippen LogP contribution is 2.32. The lowest BCUT2D eigenvalue weighted by Crippen LogP contribution is -2.29. The third-order valence-corrected chi connectivity index (χ3v) is 3.94. The van der Waals surface area contributed by atoms with E-state index < -0.39 is 24.7 Å². The highest BCUT2D eigenvalue weighted by atomic mass is 32.1. The molecule has 25 heavy (non-hydrogen) atoms. The van der Waals surface area contributed by atoms with Crippen molar-refractivity contribution in [2.45, 2.75) is 13.1 Å². The van der Waals surface area contributed by atoms with E-state index in [-0.39, 0.29) is 5.13 Å². The van der Waals surface area contributed by atoms with Crippen LogP contribution in [0.25, 0.3) is 10.4 Å². The molecule has 0 spiro atoms. The Morgan fingerprint density at radius 3 is 2.60 bits per heavy atom. The third kappa shape index (κ3) is 4.89. The summed E-state index contributed by atoms with van der Waals surface area (Å²) in [7, 11) is 1.49. The number of ether oxygens (including phenoxy) is 2. The molecule has 0 atom stereocenters. The normalized spacial score (nSPS) is 11.1. The van der Waals surface area contributed by atoms with E-state index >= 15 is 0 Å². The Labute approximate surface area is 143 Å². The number of nitrogens with zero attached hydrogens (tertiary/aromatic N) is 2. The van der Waals surface area contributed by atoms with Crippen molar-refractivity contribution in [3.63, 3.8) is 0 Å². The maximum absolute atomic E-state index is 12.0. The fourth-order valence-electron chi connectivity index (χ4n) is 1.72. The minimum absolute atomic E-state index is 0.163. The number of rotatable bonds is 5. The van der Waals surface area contributed by atoms with Gasteiger partial charge < -0.3 is 9.47 Å². The number of amides is 1. The van der Waals surface area contributed by atoms with Gasteiger partial charge in [-0.25, -0.2) is 14.8 Å². The van der Waals surface area contributed by atoms with Gasteiger partial charge >= 0.3 is 12.1 Å². The van der Waals surface area contributed by atoms with E-state index in [1.165, 1.54) is 7.11 Å². The summed E-state index contributed by atoms with van der Waals surface area (Å²) in [5, 5.41) is 2.44. The Balaban J connectivity index is 2.02. The first-order valence-electron chi connectivity index (χ1n) is 6.72. The van der Waals surface area contributed by atoms with Gasteiger partial charge in [0.2, 0.25) is 5.88 Å². The summed E-state index contributed by atoms with van der Waals surface area (Å²) in [6.07, 6.45) is -3.58. The number of carbonyl (C=O) groups excluding carboxylic acids is 2. The summed E-state index contributed by atoms with van der Waals surface area (Å²) < 4.78 is 44.8. The Hall–Kier alpha value is -2.69. The molecule has 0 saturated heterocycles. The molecule has 134 valence electrons. The van der Waals surface area contributed by atoms with Gasteiger partial charge in [0.05, 0.1) is 17.7 Å². The second kappa shape index (κ2) is 7.47. The van der Waals surface area contributed by atoms with Gasteiger partial charge in [-0.15, -0.1) is 0 Å². The predicted molar refractivity (Wildman–Crippen MR) is 82.3 cm³/mol. The summed E-state index contributed by atoms with van der Waals surface area (Å²) in [4.78, 5) is 31.0. The van der Waals surface area contributed by atoms with E-state index in [9.17, 15) is 22.8 Å². The number of nitrogens with one attached hydrogen (secondary N) is 1. The molecule has 2 rings (SSSR count). The van der Waals surface area contributed by atoms with E-state index in [0.29, 0.717) is 11.6 Å². The number of thiazole rings is 1. The molecule has 0 unspecified atom stereocenters. The van der Waals surface area contributed by atoms with Crippen molar-refractivity contribution in [3.05, 3.63) is 24.0 Å². The van der Waals surface area contributed by atoms with Gasteiger partial charge in [0.15, 0.2) is 11.7 Å². The number of methoxy groups -OCH3 is 1. The molecule has 0 aromatic carbocycles. The van der Waals surface area contributed by atoms with Gasteiger partial charge in [-0.1, -0.05) is 11.3 Å². The fraction of sp³-hybridized carbons (Fsp3) is 0.286. The first-order chi connectivity index (χ1) is 11.7. The second-order valence-electron chi connectivity index (χ2n) is 4.64. The molecule has 0 bridgehead atoms. The van der Waals surface area contributed by atoms with Gasteiger partial charge in [0.25, 0.3) is 5.91 Å². The zero-order valence-corrected chi connectivity index (χ0v) is 13.8. The molecule has 0 aliphatic carbocycles. The first-order valence-corrected chi connectivity index (χ1v) is 7.54. The lowest BCUT2D eigenvalue weighted by molar-refractivity contribution is -0.199. The minimum Gasteiger partial charge on any atom is -0.481 e. The highest BCUT2D eigenvalue weighted by molar-refractivity contribution is 7.19. The number of alkyl halides is 3. The van der Waals surface area contributed by atoms with Crippen LogP contribution in [-0.4, -0.2) is 41.7 Å². The summed E-state index contributed by atoms with van der Waals surface area (Å²) in [5.41, 5.74) is 1.33. The van der Waals surface area contributed by atoms with E-state index in [4.69, 9.17) is 4.74 Å². The molecule has 0 aliphatic rings. The zero-order chi connectivity index (χ0) is 18.6. The quantitative estimate of drug-likeness (QED) is 0.808. The van der Waals surface area contributed by atoms with Crippen LogP contribution in [0.5, 0.6) is 5.88 Å². The molecule has 0 aliphatic heterocycles. The number of aromatic nitrogens is 2. The zero-order valence-electron chi connectivity index (χ0n) is 13.0. The minimum atomic E-state index is -5.15. The maximum atomic E-state index is 12.0. The topological polar surface area (TPSA) is 90.4 Å². The summed E-state index contributed by atoms with van der Waals surface area (Å²) in [6, 6.07) is 3.41. The Morgan fingerprint density at radius 1 is 1.32 bits per heavy atom. The van der Waals surface area contributed by atoms with Crippen LogP contribution in [0.2, 0.25) is 0 Å².